The zero-order valence-electron chi connectivity index (χ0n) is 25.3. The number of carbonyl (C=O) groups is 2. The summed E-state index contributed by atoms with van der Waals surface area (Å²) in [6.45, 7) is 13.1. The minimum Gasteiger partial charge on any atom is -0.490 e. The van der Waals surface area contributed by atoms with Crippen molar-refractivity contribution in [3.05, 3.63) is 81.6 Å². The average Bonchev–Trinajstić information content (AvgIpc) is 3.49. The Morgan fingerprint density at radius 2 is 1.72 bits per heavy atom. The van der Waals surface area contributed by atoms with Gasteiger partial charge in [0.1, 0.15) is 46.5 Å². The highest BCUT2D eigenvalue weighted by molar-refractivity contribution is 7.98. The summed E-state index contributed by atoms with van der Waals surface area (Å²) < 4.78 is 16.0. The number of hydrogen-bond donors (Lipinski definition) is 1. The Morgan fingerprint density at radius 3 is 2.37 bits per heavy atom. The summed E-state index contributed by atoms with van der Waals surface area (Å²) in [6, 6.07) is 16.5. The van der Waals surface area contributed by atoms with Crippen LogP contribution in [0, 0.1) is 17.9 Å². The second-order valence-corrected chi connectivity index (χ2v) is 13.0. The van der Waals surface area contributed by atoms with E-state index in [1.165, 1.54) is 23.1 Å². The minimum absolute atomic E-state index is 0.00297. The molecule has 0 bridgehead atoms. The second-order valence-electron chi connectivity index (χ2n) is 10.7. The molecule has 0 saturated carbocycles. The van der Waals surface area contributed by atoms with Gasteiger partial charge in [-0.3, -0.25) is 9.59 Å². The number of hydrogen-bond acceptors (Lipinski definition) is 11. The number of nitrogen functional groups attached to an aromatic ring is 1. The number of benzene rings is 2. The number of pyridine rings is 1. The van der Waals surface area contributed by atoms with Crippen LogP contribution in [0.5, 0.6) is 5.75 Å². The average molecular weight is 676 g/mol. The SMILES string of the molecule is [C-]#[N+]c1c(N)nc(SCc2csc(-c3ccc(Cl)cc3)n2)c(C#N)c1-c1ccc(OCCOC(=O)CCC(=O)OC(C)(C)C)cc1. The Hall–Kier alpha value is -4.62. The van der Waals surface area contributed by atoms with E-state index in [-0.39, 0.29) is 43.1 Å². The van der Waals surface area contributed by atoms with Crippen LogP contribution in [0.2, 0.25) is 5.02 Å². The highest BCUT2D eigenvalue weighted by Crippen LogP contribution is 2.42. The van der Waals surface area contributed by atoms with E-state index in [1.54, 1.807) is 45.0 Å². The predicted octanol–water partition coefficient (Wildman–Crippen LogP) is 7.87. The van der Waals surface area contributed by atoms with Crippen molar-refractivity contribution in [3.8, 4) is 33.5 Å². The number of thiazole rings is 1. The van der Waals surface area contributed by atoms with Crippen molar-refractivity contribution in [3.63, 3.8) is 0 Å². The highest BCUT2D eigenvalue weighted by atomic mass is 35.5. The van der Waals surface area contributed by atoms with Crippen LogP contribution in [0.4, 0.5) is 11.5 Å². The van der Waals surface area contributed by atoms with Crippen LogP contribution in [-0.4, -0.2) is 40.7 Å². The van der Waals surface area contributed by atoms with Gasteiger partial charge in [0, 0.05) is 27.3 Å². The number of rotatable bonds is 12. The fourth-order valence-corrected chi connectivity index (χ4v) is 6.06. The number of thioether (sulfide) groups is 1. The predicted molar refractivity (Wildman–Crippen MR) is 179 cm³/mol. The van der Waals surface area contributed by atoms with Crippen molar-refractivity contribution in [2.24, 2.45) is 0 Å². The third kappa shape index (κ3) is 9.44. The maximum atomic E-state index is 11.9. The van der Waals surface area contributed by atoms with E-state index in [1.807, 2.05) is 29.6 Å². The summed E-state index contributed by atoms with van der Waals surface area (Å²) in [5.74, 6) is -0.0261. The lowest BCUT2D eigenvalue weighted by Crippen LogP contribution is -2.24. The normalized spacial score (nSPS) is 10.9. The minimum atomic E-state index is -0.616. The molecule has 4 aromatic rings. The Morgan fingerprint density at radius 1 is 1.04 bits per heavy atom. The van der Waals surface area contributed by atoms with Gasteiger partial charge in [0.25, 0.3) is 0 Å². The van der Waals surface area contributed by atoms with E-state index in [2.05, 4.69) is 15.9 Å². The molecule has 4 rings (SSSR count). The Kier molecular flexibility index (Phi) is 11.6. The van der Waals surface area contributed by atoms with Gasteiger partial charge in [-0.15, -0.1) is 11.3 Å². The molecule has 0 aliphatic heterocycles. The molecule has 0 aliphatic carbocycles. The Labute approximate surface area is 280 Å². The standard InChI is InChI=1S/C33H30ClN5O5S2/c1-33(2,3)44-27(41)14-13-26(40)43-16-15-42-24-11-7-20(8-12-24)28-25(17-35)32(39-30(36)29(28)37-4)46-19-23-18-45-31(38-23)21-5-9-22(34)10-6-21/h5-12,18H,13-16,19H2,1-3H3,(H2,36,39). The van der Waals surface area contributed by atoms with Gasteiger partial charge < -0.3 is 19.9 Å². The number of aromatic nitrogens is 2. The Bertz CT molecular complexity index is 1790. The zero-order valence-corrected chi connectivity index (χ0v) is 27.7. The van der Waals surface area contributed by atoms with E-state index in [0.717, 1.165) is 16.3 Å². The molecule has 0 atom stereocenters. The third-order valence-corrected chi connectivity index (χ3v) is 8.30. The van der Waals surface area contributed by atoms with E-state index in [4.69, 9.17) is 43.1 Å². The molecular formula is C33H30ClN5O5S2. The number of ether oxygens (including phenoxy) is 3. The first kappa shape index (κ1) is 34.3. The largest absolute Gasteiger partial charge is 0.490 e. The third-order valence-electron chi connectivity index (χ3n) is 6.10. The molecule has 0 radical (unpaired) electrons. The number of nitrogens with zero attached hydrogens (tertiary/aromatic N) is 4. The number of carbonyl (C=O) groups excluding carboxylic acids is 2. The quantitative estimate of drug-likeness (QED) is 0.0682. The van der Waals surface area contributed by atoms with Gasteiger partial charge in [0.2, 0.25) is 5.69 Å². The molecule has 0 unspecified atom stereocenters. The molecule has 13 heteroatoms. The molecule has 2 aromatic heterocycles. The van der Waals surface area contributed by atoms with Crippen molar-refractivity contribution in [2.45, 2.75) is 50.0 Å². The van der Waals surface area contributed by atoms with E-state index in [0.29, 0.717) is 32.7 Å². The first-order valence-corrected chi connectivity index (χ1v) is 16.3. The van der Waals surface area contributed by atoms with Crippen LogP contribution >= 0.6 is 34.7 Å². The summed E-state index contributed by atoms with van der Waals surface area (Å²) in [6.07, 6.45) is -0.149. The van der Waals surface area contributed by atoms with Gasteiger partial charge in [0.05, 0.1) is 30.7 Å². The number of esters is 2. The highest BCUT2D eigenvalue weighted by Gasteiger charge is 2.21. The van der Waals surface area contributed by atoms with Crippen LogP contribution in [0.1, 0.15) is 44.9 Å². The van der Waals surface area contributed by atoms with Crippen LogP contribution in [-0.2, 0) is 24.8 Å². The molecule has 46 heavy (non-hydrogen) atoms. The second kappa shape index (κ2) is 15.6. The molecule has 0 amide bonds. The fraction of sp³-hybridized carbons (Fsp3) is 0.273. The smallest absolute Gasteiger partial charge is 0.306 e. The van der Waals surface area contributed by atoms with Crippen LogP contribution in [0.3, 0.4) is 0 Å². The van der Waals surface area contributed by atoms with Gasteiger partial charge >= 0.3 is 11.9 Å². The summed E-state index contributed by atoms with van der Waals surface area (Å²) in [4.78, 5) is 36.4. The van der Waals surface area contributed by atoms with Crippen LogP contribution < -0.4 is 10.5 Å². The molecular weight excluding hydrogens is 646 g/mol. The molecule has 0 aliphatic rings. The summed E-state index contributed by atoms with van der Waals surface area (Å²) >= 11 is 8.82. The molecule has 2 aromatic carbocycles. The molecule has 0 spiro atoms. The lowest BCUT2D eigenvalue weighted by molar-refractivity contribution is -0.158. The molecule has 2 N–H and O–H groups in total. The van der Waals surface area contributed by atoms with Gasteiger partial charge in [-0.1, -0.05) is 47.6 Å². The molecule has 2 heterocycles. The first-order chi connectivity index (χ1) is 22.0. The van der Waals surface area contributed by atoms with Crippen LogP contribution in [0.15, 0.2) is 58.9 Å². The summed E-state index contributed by atoms with van der Waals surface area (Å²) in [7, 11) is 0. The lowest BCUT2D eigenvalue weighted by Gasteiger charge is -2.19. The van der Waals surface area contributed by atoms with Crippen molar-refractivity contribution < 1.29 is 23.8 Å². The van der Waals surface area contributed by atoms with Crippen molar-refractivity contribution >= 4 is 58.1 Å². The summed E-state index contributed by atoms with van der Waals surface area (Å²) in [5, 5.41) is 14.0. The zero-order chi connectivity index (χ0) is 33.3. The molecule has 0 fully saturated rings. The van der Waals surface area contributed by atoms with Crippen molar-refractivity contribution in [1.82, 2.24) is 9.97 Å². The lowest BCUT2D eigenvalue weighted by atomic mass is 10.00. The fourth-order valence-electron chi connectivity index (χ4n) is 4.12. The van der Waals surface area contributed by atoms with Gasteiger partial charge in [0.15, 0.2) is 0 Å². The Balaban J connectivity index is 1.39. The monoisotopic (exact) mass is 675 g/mol. The van der Waals surface area contributed by atoms with Gasteiger partial charge in [-0.2, -0.15) is 5.26 Å². The maximum absolute atomic E-state index is 11.9. The summed E-state index contributed by atoms with van der Waals surface area (Å²) in [5.41, 5.74) is 8.66. The van der Waals surface area contributed by atoms with E-state index >= 15 is 0 Å². The topological polar surface area (TPSA) is 142 Å². The van der Waals surface area contributed by atoms with Crippen molar-refractivity contribution in [1.29, 1.82) is 5.26 Å². The van der Waals surface area contributed by atoms with Gasteiger partial charge in [-0.05, 0) is 50.6 Å². The molecule has 10 nitrogen and oxygen atoms in total. The number of nitrogens with two attached hydrogens (primary N) is 1. The van der Waals surface area contributed by atoms with Crippen molar-refractivity contribution in [2.75, 3.05) is 18.9 Å². The van der Waals surface area contributed by atoms with E-state index in [9.17, 15) is 14.9 Å². The first-order valence-electron chi connectivity index (χ1n) is 14.0. The number of anilines is 1. The number of halogens is 1. The van der Waals surface area contributed by atoms with Gasteiger partial charge in [-0.25, -0.2) is 14.8 Å². The molecule has 0 saturated heterocycles. The molecule has 236 valence electrons. The van der Waals surface area contributed by atoms with E-state index < -0.39 is 17.5 Å². The maximum Gasteiger partial charge on any atom is 0.306 e. The van der Waals surface area contributed by atoms with Crippen LogP contribution in [0.25, 0.3) is 26.5 Å². The number of nitriles is 1.